The van der Waals surface area contributed by atoms with E-state index in [4.69, 9.17) is 0 Å². The first-order chi connectivity index (χ1) is 8.65. The smallest absolute Gasteiger partial charge is 0.326 e. The van der Waals surface area contributed by atoms with Gasteiger partial charge in [-0.1, -0.05) is 20.3 Å². The van der Waals surface area contributed by atoms with E-state index in [-0.39, 0.29) is 18.9 Å². The summed E-state index contributed by atoms with van der Waals surface area (Å²) in [4.78, 5) is 24.2. The van der Waals surface area contributed by atoms with Crippen LogP contribution in [0.4, 0.5) is 3.89 Å². The highest BCUT2D eigenvalue weighted by atomic mass is 32.3. The first kappa shape index (κ1) is 15.9. The summed E-state index contributed by atoms with van der Waals surface area (Å²) in [6.07, 6.45) is 0.455. The molecule has 1 aliphatic rings. The highest BCUT2D eigenvalue weighted by Gasteiger charge is 2.41. The topological polar surface area (TPSA) is 91.8 Å². The van der Waals surface area contributed by atoms with Gasteiger partial charge in [-0.15, -0.1) is 3.89 Å². The third-order valence-corrected chi connectivity index (χ3v) is 4.31. The van der Waals surface area contributed by atoms with Gasteiger partial charge in [-0.25, -0.2) is 4.79 Å². The second kappa shape index (κ2) is 5.85. The minimum atomic E-state index is -4.65. The number of hydrogen-bond acceptors (Lipinski definition) is 4. The molecule has 1 fully saturated rings. The van der Waals surface area contributed by atoms with Crippen LogP contribution in [0.5, 0.6) is 0 Å². The summed E-state index contributed by atoms with van der Waals surface area (Å²) in [6, 6.07) is -0.982. The Bertz CT molecular complexity index is 464. The highest BCUT2D eigenvalue weighted by molar-refractivity contribution is 7.86. The number of nitrogens with zero attached hydrogens (tertiary/aromatic N) is 1. The molecule has 1 saturated heterocycles. The number of aliphatic carboxylic acids is 1. The van der Waals surface area contributed by atoms with Gasteiger partial charge in [-0.3, -0.25) is 4.79 Å². The molecular weight excluding hydrogens is 277 g/mol. The van der Waals surface area contributed by atoms with E-state index in [1.165, 1.54) is 0 Å². The Morgan fingerprint density at radius 2 is 2.16 bits per heavy atom. The van der Waals surface area contributed by atoms with Gasteiger partial charge in [0.25, 0.3) is 0 Å². The van der Waals surface area contributed by atoms with Crippen molar-refractivity contribution in [2.75, 3.05) is 12.3 Å². The number of amides is 1. The molecule has 0 bridgehead atoms. The number of halogens is 1. The standard InChI is InChI=1S/C11H18FNO5S/c1-3-7(2)10(11(15)16)13-5-8(4-9(13)14)6-19(12,17)18/h7-8,10H,3-6H2,1-2H3,(H,15,16)/t7-,8?,10-/m0/s1. The zero-order chi connectivity index (χ0) is 14.8. The molecule has 0 aliphatic carbocycles. The van der Waals surface area contributed by atoms with E-state index in [1.807, 2.05) is 6.92 Å². The van der Waals surface area contributed by atoms with E-state index in [2.05, 4.69) is 0 Å². The van der Waals surface area contributed by atoms with Gasteiger partial charge in [0.2, 0.25) is 5.91 Å². The molecule has 0 radical (unpaired) electrons. The third-order valence-electron chi connectivity index (χ3n) is 3.45. The molecule has 0 aromatic heterocycles. The number of carboxylic acid groups (broad SMARTS) is 1. The maximum absolute atomic E-state index is 12.6. The Balaban J connectivity index is 2.84. The molecule has 19 heavy (non-hydrogen) atoms. The summed E-state index contributed by atoms with van der Waals surface area (Å²) in [6.45, 7) is 3.50. The number of carbonyl (C=O) groups is 2. The average molecular weight is 295 g/mol. The molecule has 0 spiro atoms. The minimum absolute atomic E-state index is 0.0245. The van der Waals surface area contributed by atoms with E-state index in [0.717, 1.165) is 4.90 Å². The molecule has 1 N–H and O–H groups in total. The molecule has 110 valence electrons. The Labute approximate surface area is 111 Å². The van der Waals surface area contributed by atoms with Gasteiger partial charge >= 0.3 is 16.2 Å². The van der Waals surface area contributed by atoms with Crippen LogP contribution < -0.4 is 0 Å². The van der Waals surface area contributed by atoms with Crippen molar-refractivity contribution in [3.8, 4) is 0 Å². The molecule has 1 amide bonds. The van der Waals surface area contributed by atoms with Crippen molar-refractivity contribution in [1.82, 2.24) is 4.90 Å². The van der Waals surface area contributed by atoms with Gasteiger partial charge in [0, 0.05) is 18.9 Å². The fourth-order valence-corrected chi connectivity index (χ4v) is 3.16. The average Bonchev–Trinajstić information content (AvgIpc) is 2.56. The Morgan fingerprint density at radius 3 is 2.58 bits per heavy atom. The zero-order valence-electron chi connectivity index (χ0n) is 10.9. The normalized spacial score (nSPS) is 23.4. The van der Waals surface area contributed by atoms with Crippen molar-refractivity contribution in [2.45, 2.75) is 32.7 Å². The van der Waals surface area contributed by atoms with Crippen LogP contribution in [0.2, 0.25) is 0 Å². The summed E-state index contributed by atoms with van der Waals surface area (Å²) in [7, 11) is -4.65. The van der Waals surface area contributed by atoms with Gasteiger partial charge in [-0.05, 0) is 5.92 Å². The van der Waals surface area contributed by atoms with E-state index in [9.17, 15) is 27.0 Å². The van der Waals surface area contributed by atoms with Crippen LogP contribution in [0, 0.1) is 11.8 Å². The van der Waals surface area contributed by atoms with E-state index in [1.54, 1.807) is 6.92 Å². The van der Waals surface area contributed by atoms with Crippen molar-refractivity contribution >= 4 is 22.1 Å². The van der Waals surface area contributed by atoms with Gasteiger partial charge in [0.15, 0.2) is 0 Å². The van der Waals surface area contributed by atoms with Crippen molar-refractivity contribution < 1.29 is 27.0 Å². The summed E-state index contributed by atoms with van der Waals surface area (Å²) in [5.74, 6) is -3.20. The maximum Gasteiger partial charge on any atom is 0.326 e. The number of likely N-dealkylation sites (tertiary alicyclic amines) is 1. The van der Waals surface area contributed by atoms with Gasteiger partial charge < -0.3 is 10.0 Å². The molecule has 1 unspecified atom stereocenters. The fraction of sp³-hybridized carbons (Fsp3) is 0.818. The summed E-state index contributed by atoms with van der Waals surface area (Å²) < 4.78 is 33.8. The quantitative estimate of drug-likeness (QED) is 0.726. The van der Waals surface area contributed by atoms with Crippen LogP contribution in [0.15, 0.2) is 0 Å². The Morgan fingerprint density at radius 1 is 1.58 bits per heavy atom. The third kappa shape index (κ3) is 4.15. The van der Waals surface area contributed by atoms with Crippen LogP contribution in [-0.4, -0.2) is 48.6 Å². The number of rotatable bonds is 6. The molecule has 1 heterocycles. The molecule has 0 aromatic rings. The SMILES string of the molecule is CC[C@H](C)[C@@H](C(=O)O)N1CC(CS(=O)(=O)F)CC1=O. The van der Waals surface area contributed by atoms with E-state index in [0.29, 0.717) is 6.42 Å². The van der Waals surface area contributed by atoms with Gasteiger partial charge in [0.05, 0.1) is 5.75 Å². The molecule has 3 atom stereocenters. The maximum atomic E-state index is 12.6. The lowest BCUT2D eigenvalue weighted by molar-refractivity contribution is -0.150. The summed E-state index contributed by atoms with van der Waals surface area (Å²) >= 11 is 0. The predicted molar refractivity (Wildman–Crippen MR) is 65.6 cm³/mol. The van der Waals surface area contributed by atoms with E-state index < -0.39 is 39.8 Å². The summed E-state index contributed by atoms with van der Waals surface area (Å²) in [5.41, 5.74) is 0. The first-order valence-electron chi connectivity index (χ1n) is 6.10. The first-order valence-corrected chi connectivity index (χ1v) is 7.65. The monoisotopic (exact) mass is 295 g/mol. The van der Waals surface area contributed by atoms with Crippen molar-refractivity contribution in [2.24, 2.45) is 11.8 Å². The lowest BCUT2D eigenvalue weighted by Gasteiger charge is -2.29. The summed E-state index contributed by atoms with van der Waals surface area (Å²) in [5, 5.41) is 9.19. The zero-order valence-corrected chi connectivity index (χ0v) is 11.7. The van der Waals surface area contributed by atoms with Crippen LogP contribution in [-0.2, 0) is 19.8 Å². The predicted octanol–water partition coefficient (Wildman–Crippen LogP) is 0.634. The second-order valence-electron chi connectivity index (χ2n) is 4.99. The van der Waals surface area contributed by atoms with Crippen LogP contribution in [0.3, 0.4) is 0 Å². The van der Waals surface area contributed by atoms with Gasteiger partial charge in [0.1, 0.15) is 6.04 Å². The molecule has 0 saturated carbocycles. The van der Waals surface area contributed by atoms with E-state index >= 15 is 0 Å². The number of carboxylic acids is 1. The lowest BCUT2D eigenvalue weighted by Crippen LogP contribution is -2.46. The highest BCUT2D eigenvalue weighted by Crippen LogP contribution is 2.26. The molecule has 0 aromatic carbocycles. The van der Waals surface area contributed by atoms with Crippen molar-refractivity contribution in [1.29, 1.82) is 0 Å². The fourth-order valence-electron chi connectivity index (χ4n) is 2.38. The largest absolute Gasteiger partial charge is 0.480 e. The Hall–Kier alpha value is -1.18. The minimum Gasteiger partial charge on any atom is -0.480 e. The molecule has 8 heteroatoms. The van der Waals surface area contributed by atoms with Crippen LogP contribution in [0.25, 0.3) is 0 Å². The van der Waals surface area contributed by atoms with Gasteiger partial charge in [-0.2, -0.15) is 8.42 Å². The molecule has 1 rings (SSSR count). The van der Waals surface area contributed by atoms with Crippen LogP contribution >= 0.6 is 0 Å². The molecule has 6 nitrogen and oxygen atoms in total. The lowest BCUT2D eigenvalue weighted by atomic mass is 9.98. The molecule has 1 aliphatic heterocycles. The van der Waals surface area contributed by atoms with Crippen LogP contribution in [0.1, 0.15) is 26.7 Å². The number of hydrogen-bond donors (Lipinski definition) is 1. The second-order valence-corrected chi connectivity index (χ2v) is 6.40. The van der Waals surface area contributed by atoms with Crippen molar-refractivity contribution in [3.05, 3.63) is 0 Å². The number of carbonyl (C=O) groups excluding carboxylic acids is 1. The van der Waals surface area contributed by atoms with Crippen molar-refractivity contribution in [3.63, 3.8) is 0 Å². The Kier molecular flexibility index (Phi) is 4.89. The molecular formula is C11H18FNO5S.